The van der Waals surface area contributed by atoms with Crippen LogP contribution < -0.4 is 9.67 Å². The molecule has 1 unspecified atom stereocenters. The van der Waals surface area contributed by atoms with Gasteiger partial charge in [-0.2, -0.15) is 0 Å². The number of rotatable bonds is 5. The summed E-state index contributed by atoms with van der Waals surface area (Å²) < 4.78 is 32.1. The molecule has 0 aliphatic heterocycles. The zero-order chi connectivity index (χ0) is 12.2. The molecule has 0 aromatic heterocycles. The Hall–Kier alpha value is -0.317. The fourth-order valence-electron chi connectivity index (χ4n) is 1.01. The molecule has 0 fully saturated rings. The van der Waals surface area contributed by atoms with Crippen molar-refractivity contribution in [2.45, 2.75) is 0 Å². The quantitative estimate of drug-likeness (QED) is 0.516. The van der Waals surface area contributed by atoms with E-state index in [1.807, 2.05) is 0 Å². The summed E-state index contributed by atoms with van der Waals surface area (Å²) >= 11 is -1.73. The Morgan fingerprint density at radius 3 is 2.38 bits per heavy atom. The van der Waals surface area contributed by atoms with Gasteiger partial charge in [0.05, 0.1) is 0 Å². The van der Waals surface area contributed by atoms with E-state index >= 15 is 0 Å². The van der Waals surface area contributed by atoms with Gasteiger partial charge in [0.2, 0.25) is 0 Å². The number of benzene rings is 1. The number of nitrogens with one attached hydrogen (secondary N) is 1. The summed E-state index contributed by atoms with van der Waals surface area (Å²) in [5, 5.41) is 2.50. The van der Waals surface area contributed by atoms with Crippen molar-refractivity contribution in [1.29, 1.82) is 0 Å². The van der Waals surface area contributed by atoms with E-state index in [1.165, 1.54) is 5.86 Å². The first kappa shape index (κ1) is 13.7. The number of hydrogen-bond donors (Lipinski definition) is 1. The van der Waals surface area contributed by atoms with Crippen LogP contribution in [0.2, 0.25) is 0 Å². The molecule has 16 heavy (non-hydrogen) atoms. The maximum absolute atomic E-state index is 10.4. The second-order valence-corrected chi connectivity index (χ2v) is 7.80. The minimum absolute atomic E-state index is 0.558. The first-order chi connectivity index (χ1) is 7.42. The van der Waals surface area contributed by atoms with E-state index in [-0.39, 0.29) is 0 Å². The summed E-state index contributed by atoms with van der Waals surface area (Å²) in [6.45, 7) is 5.79. The van der Waals surface area contributed by atoms with Gasteiger partial charge >= 0.3 is 103 Å². The Labute approximate surface area is 103 Å². The molecule has 1 atom stereocenters. The number of hydrogen-bond acceptors (Lipinski definition) is 4. The molecule has 0 aliphatic rings. The van der Waals surface area contributed by atoms with Crippen LogP contribution in [0, 0.1) is 0 Å². The third-order valence-corrected chi connectivity index (χ3v) is 4.83. The Bertz CT molecular complexity index is 439. The third-order valence-electron chi connectivity index (χ3n) is 1.78. The molecule has 9 heteroatoms. The van der Waals surface area contributed by atoms with Gasteiger partial charge in [0.15, 0.2) is 0 Å². The molecule has 1 aromatic rings. The van der Waals surface area contributed by atoms with E-state index in [4.69, 9.17) is 14.3 Å². The SMILES string of the molecule is [B][B][As]([B])c1ccc(NCS(=O)(=O)[O-])cc1. The van der Waals surface area contributed by atoms with Crippen molar-refractivity contribution in [3.8, 4) is 0 Å². The molecular formula is C7H7AsB3NO3S-. The predicted octanol–water partition coefficient (Wildman–Crippen LogP) is -1.75. The maximum atomic E-state index is 10.4. The van der Waals surface area contributed by atoms with Crippen LogP contribution in [0.25, 0.3) is 0 Å². The molecule has 4 nitrogen and oxygen atoms in total. The van der Waals surface area contributed by atoms with Crippen LogP contribution in [-0.4, -0.2) is 53.3 Å². The van der Waals surface area contributed by atoms with Crippen molar-refractivity contribution >= 4 is 54.6 Å². The van der Waals surface area contributed by atoms with Gasteiger partial charge in [0, 0.05) is 0 Å². The van der Waals surface area contributed by atoms with E-state index in [2.05, 4.69) is 5.32 Å². The first-order valence-corrected chi connectivity index (χ1v) is 8.97. The normalized spacial score (nSPS) is 13.1. The number of anilines is 1. The fraction of sp³-hybridized carbons (Fsp3) is 0.143. The van der Waals surface area contributed by atoms with E-state index in [0.29, 0.717) is 5.69 Å². The Morgan fingerprint density at radius 2 is 1.94 bits per heavy atom. The Kier molecular flexibility index (Phi) is 5.02. The zero-order valence-corrected chi connectivity index (χ0v) is 11.0. The van der Waals surface area contributed by atoms with E-state index in [9.17, 15) is 13.0 Å². The molecule has 0 saturated heterocycles. The van der Waals surface area contributed by atoms with Crippen LogP contribution in [0.3, 0.4) is 0 Å². The standard InChI is InChI=1S/C7H8AsB3NO3S/c9-8(11-10)6-1-3-7(4-2-6)12-5-16(13,14)15/h1-4,12H,5H2,(H,13,14,15)/p-1. The topological polar surface area (TPSA) is 69.2 Å². The minimum atomic E-state index is -4.26. The Morgan fingerprint density at radius 1 is 1.38 bits per heavy atom. The second kappa shape index (κ2) is 5.85. The molecule has 1 rings (SSSR count). The summed E-state index contributed by atoms with van der Waals surface area (Å²) in [5.74, 6) is 0.872. The van der Waals surface area contributed by atoms with Crippen molar-refractivity contribution in [3.63, 3.8) is 0 Å². The van der Waals surface area contributed by atoms with Gasteiger partial charge in [-0.3, -0.25) is 0 Å². The molecule has 0 aliphatic carbocycles. The molecule has 5 radical (unpaired) electrons. The van der Waals surface area contributed by atoms with Gasteiger partial charge in [-0.05, 0) is 0 Å². The molecule has 0 bridgehead atoms. The summed E-state index contributed by atoms with van der Waals surface area (Å²) in [6.07, 6.45) is 0. The summed E-state index contributed by atoms with van der Waals surface area (Å²) in [4.78, 5) is 0. The molecule has 1 N–H and O–H groups in total. The zero-order valence-electron chi connectivity index (χ0n) is 8.33. The second-order valence-electron chi connectivity index (χ2n) is 2.98. The fourth-order valence-corrected chi connectivity index (χ4v) is 2.75. The monoisotopic (exact) mass is 293 g/mol. The summed E-state index contributed by atoms with van der Waals surface area (Å²) in [6, 6.07) is 6.86. The van der Waals surface area contributed by atoms with Crippen LogP contribution in [0.4, 0.5) is 5.69 Å². The molecule has 0 heterocycles. The average Bonchev–Trinajstić information content (AvgIpc) is 2.25. The summed E-state index contributed by atoms with van der Waals surface area (Å²) in [7, 11) is 1.08. The van der Waals surface area contributed by atoms with Crippen molar-refractivity contribution in [2.24, 2.45) is 0 Å². The first-order valence-electron chi connectivity index (χ1n) is 4.29. The molecule has 0 saturated carbocycles. The predicted molar refractivity (Wildman–Crippen MR) is 67.3 cm³/mol. The summed E-state index contributed by atoms with van der Waals surface area (Å²) in [5.41, 5.74) is 0.558. The van der Waals surface area contributed by atoms with Gasteiger partial charge in [-0.15, -0.1) is 0 Å². The van der Waals surface area contributed by atoms with Gasteiger partial charge in [0.25, 0.3) is 0 Å². The van der Waals surface area contributed by atoms with Gasteiger partial charge in [0.1, 0.15) is 0 Å². The van der Waals surface area contributed by atoms with Crippen LogP contribution in [0.15, 0.2) is 24.3 Å². The van der Waals surface area contributed by atoms with E-state index in [0.717, 1.165) is 4.35 Å². The van der Waals surface area contributed by atoms with Crippen molar-refractivity contribution in [1.82, 2.24) is 0 Å². The van der Waals surface area contributed by atoms with Gasteiger partial charge < -0.3 is 0 Å². The van der Waals surface area contributed by atoms with Crippen LogP contribution >= 0.6 is 0 Å². The van der Waals surface area contributed by atoms with Gasteiger partial charge in [-0.1, -0.05) is 0 Å². The van der Waals surface area contributed by atoms with E-state index in [1.54, 1.807) is 24.3 Å². The molecule has 0 spiro atoms. The van der Waals surface area contributed by atoms with Crippen molar-refractivity contribution in [3.05, 3.63) is 24.3 Å². The van der Waals surface area contributed by atoms with Crippen LogP contribution in [0.1, 0.15) is 0 Å². The molecular weight excluding hydrogens is 286 g/mol. The van der Waals surface area contributed by atoms with Gasteiger partial charge in [-0.25, -0.2) is 0 Å². The molecule has 1 aromatic carbocycles. The van der Waals surface area contributed by atoms with E-state index < -0.39 is 30.3 Å². The van der Waals surface area contributed by atoms with Crippen LogP contribution in [-0.2, 0) is 10.1 Å². The van der Waals surface area contributed by atoms with Crippen molar-refractivity contribution in [2.75, 3.05) is 11.2 Å². The Balaban J connectivity index is 2.65. The van der Waals surface area contributed by atoms with Crippen LogP contribution in [0.5, 0.6) is 0 Å². The molecule has 79 valence electrons. The third kappa shape index (κ3) is 4.68. The van der Waals surface area contributed by atoms with Crippen molar-refractivity contribution < 1.29 is 13.0 Å². The molecule has 0 amide bonds. The average molecular weight is 293 g/mol.